The van der Waals surface area contributed by atoms with Crippen molar-refractivity contribution in [2.45, 2.75) is 51.5 Å². The lowest BCUT2D eigenvalue weighted by atomic mass is 9.82. The van der Waals surface area contributed by atoms with Gasteiger partial charge in [-0.05, 0) is 26.7 Å². The van der Waals surface area contributed by atoms with Crippen molar-refractivity contribution in [1.29, 1.82) is 0 Å². The van der Waals surface area contributed by atoms with Gasteiger partial charge in [0.05, 0.1) is 5.54 Å². The smallest absolute Gasteiger partial charge is 0.147 e. The van der Waals surface area contributed by atoms with E-state index >= 15 is 0 Å². The lowest BCUT2D eigenvalue weighted by Crippen LogP contribution is -2.44. The standard InChI is InChI=1S/C11H20N4/c1-9-13-10(2)15(14-9)11(8-12)6-4-3-5-7-11/h3-8,12H2,1-2H3. The highest BCUT2D eigenvalue weighted by Gasteiger charge is 2.34. The zero-order valence-corrected chi connectivity index (χ0v) is 9.66. The first-order valence-corrected chi connectivity index (χ1v) is 5.79. The van der Waals surface area contributed by atoms with E-state index < -0.39 is 0 Å². The molecule has 0 aliphatic heterocycles. The summed E-state index contributed by atoms with van der Waals surface area (Å²) < 4.78 is 2.07. The molecule has 0 bridgehead atoms. The summed E-state index contributed by atoms with van der Waals surface area (Å²) in [6.07, 6.45) is 6.14. The van der Waals surface area contributed by atoms with Crippen molar-refractivity contribution in [2.75, 3.05) is 6.54 Å². The number of aromatic nitrogens is 3. The lowest BCUT2D eigenvalue weighted by molar-refractivity contribution is 0.178. The first-order chi connectivity index (χ1) is 7.18. The summed E-state index contributed by atoms with van der Waals surface area (Å²) in [5.74, 6) is 1.85. The summed E-state index contributed by atoms with van der Waals surface area (Å²) in [5.41, 5.74) is 6.01. The second kappa shape index (κ2) is 3.93. The highest BCUT2D eigenvalue weighted by molar-refractivity contribution is 4.98. The van der Waals surface area contributed by atoms with E-state index in [2.05, 4.69) is 14.8 Å². The van der Waals surface area contributed by atoms with Crippen LogP contribution in [0.1, 0.15) is 43.8 Å². The van der Waals surface area contributed by atoms with Gasteiger partial charge in [0.1, 0.15) is 11.6 Å². The highest BCUT2D eigenvalue weighted by atomic mass is 15.4. The summed E-state index contributed by atoms with van der Waals surface area (Å²) in [6.45, 7) is 4.64. The van der Waals surface area contributed by atoms with Crippen LogP contribution >= 0.6 is 0 Å². The molecule has 1 aliphatic rings. The van der Waals surface area contributed by atoms with Crippen LogP contribution in [0.2, 0.25) is 0 Å². The third-order valence-electron chi connectivity index (χ3n) is 3.49. The van der Waals surface area contributed by atoms with Crippen LogP contribution in [0.4, 0.5) is 0 Å². The molecule has 1 aromatic rings. The van der Waals surface area contributed by atoms with Gasteiger partial charge in [-0.1, -0.05) is 19.3 Å². The van der Waals surface area contributed by atoms with E-state index in [9.17, 15) is 0 Å². The molecule has 1 aromatic heterocycles. The summed E-state index contributed by atoms with van der Waals surface area (Å²) >= 11 is 0. The van der Waals surface area contributed by atoms with E-state index in [4.69, 9.17) is 5.73 Å². The van der Waals surface area contributed by atoms with E-state index in [-0.39, 0.29) is 5.54 Å². The normalized spacial score (nSPS) is 20.5. The summed E-state index contributed by atoms with van der Waals surface area (Å²) in [7, 11) is 0. The number of nitrogens with two attached hydrogens (primary N) is 1. The Labute approximate surface area is 90.9 Å². The third-order valence-corrected chi connectivity index (χ3v) is 3.49. The molecule has 0 radical (unpaired) electrons. The van der Waals surface area contributed by atoms with Crippen molar-refractivity contribution in [2.24, 2.45) is 5.73 Å². The molecule has 2 rings (SSSR count). The first kappa shape index (κ1) is 10.6. The molecule has 0 spiro atoms. The predicted octanol–water partition coefficient (Wildman–Crippen LogP) is 1.51. The maximum atomic E-state index is 5.96. The van der Waals surface area contributed by atoms with Crippen LogP contribution in [0.25, 0.3) is 0 Å². The van der Waals surface area contributed by atoms with Crippen LogP contribution in [-0.4, -0.2) is 21.3 Å². The van der Waals surface area contributed by atoms with E-state index in [0.717, 1.165) is 24.5 Å². The minimum absolute atomic E-state index is 0.0452. The maximum Gasteiger partial charge on any atom is 0.147 e. The lowest BCUT2D eigenvalue weighted by Gasteiger charge is -2.36. The van der Waals surface area contributed by atoms with Crippen LogP contribution in [0.5, 0.6) is 0 Å². The number of hydrogen-bond donors (Lipinski definition) is 1. The summed E-state index contributed by atoms with van der Waals surface area (Å²) in [5, 5.41) is 4.50. The van der Waals surface area contributed by atoms with Gasteiger partial charge in [0.2, 0.25) is 0 Å². The molecule has 0 atom stereocenters. The summed E-state index contributed by atoms with van der Waals surface area (Å²) in [6, 6.07) is 0. The van der Waals surface area contributed by atoms with Gasteiger partial charge < -0.3 is 5.73 Å². The summed E-state index contributed by atoms with van der Waals surface area (Å²) in [4.78, 5) is 4.38. The average Bonchev–Trinajstić information content (AvgIpc) is 2.59. The van der Waals surface area contributed by atoms with Gasteiger partial charge in [0.15, 0.2) is 0 Å². The fourth-order valence-electron chi connectivity index (χ4n) is 2.68. The van der Waals surface area contributed by atoms with E-state index in [1.807, 2.05) is 13.8 Å². The number of rotatable bonds is 2. The predicted molar refractivity (Wildman–Crippen MR) is 59.6 cm³/mol. The van der Waals surface area contributed by atoms with Gasteiger partial charge in [0, 0.05) is 6.54 Å². The zero-order valence-electron chi connectivity index (χ0n) is 9.66. The van der Waals surface area contributed by atoms with E-state index in [1.165, 1.54) is 19.3 Å². The van der Waals surface area contributed by atoms with Gasteiger partial charge in [0.25, 0.3) is 0 Å². The van der Waals surface area contributed by atoms with Crippen molar-refractivity contribution in [3.63, 3.8) is 0 Å². The number of nitrogens with zero attached hydrogens (tertiary/aromatic N) is 3. The molecule has 0 amide bonds. The quantitative estimate of drug-likeness (QED) is 0.801. The molecule has 2 N–H and O–H groups in total. The molecule has 4 heteroatoms. The number of aryl methyl sites for hydroxylation is 2. The Balaban J connectivity index is 2.36. The van der Waals surface area contributed by atoms with Crippen molar-refractivity contribution in [3.8, 4) is 0 Å². The van der Waals surface area contributed by atoms with Crippen LogP contribution in [-0.2, 0) is 5.54 Å². The van der Waals surface area contributed by atoms with Crippen LogP contribution in [0.15, 0.2) is 0 Å². The van der Waals surface area contributed by atoms with E-state index in [0.29, 0.717) is 6.54 Å². The molecular formula is C11H20N4. The molecule has 0 saturated heterocycles. The first-order valence-electron chi connectivity index (χ1n) is 5.79. The molecule has 1 saturated carbocycles. The second-order valence-electron chi connectivity index (χ2n) is 4.61. The van der Waals surface area contributed by atoms with E-state index in [1.54, 1.807) is 0 Å². The molecule has 0 aromatic carbocycles. The van der Waals surface area contributed by atoms with Gasteiger partial charge in [-0.15, -0.1) is 0 Å². The maximum absolute atomic E-state index is 5.96. The Kier molecular flexibility index (Phi) is 2.78. The van der Waals surface area contributed by atoms with Crippen LogP contribution in [0, 0.1) is 13.8 Å². The van der Waals surface area contributed by atoms with Gasteiger partial charge in [-0.2, -0.15) is 5.10 Å². The van der Waals surface area contributed by atoms with Gasteiger partial charge in [-0.3, -0.25) is 0 Å². The molecule has 0 unspecified atom stereocenters. The largest absolute Gasteiger partial charge is 0.328 e. The van der Waals surface area contributed by atoms with Crippen molar-refractivity contribution < 1.29 is 0 Å². The Morgan fingerprint density at radius 2 is 1.93 bits per heavy atom. The van der Waals surface area contributed by atoms with Gasteiger partial charge in [-0.25, -0.2) is 9.67 Å². The topological polar surface area (TPSA) is 56.7 Å². The molecule has 4 nitrogen and oxygen atoms in total. The third kappa shape index (κ3) is 1.78. The Hall–Kier alpha value is -0.900. The molecular weight excluding hydrogens is 188 g/mol. The SMILES string of the molecule is Cc1nc(C)n(C2(CN)CCCCC2)n1. The Morgan fingerprint density at radius 3 is 2.40 bits per heavy atom. The fourth-order valence-corrected chi connectivity index (χ4v) is 2.68. The van der Waals surface area contributed by atoms with Crippen LogP contribution < -0.4 is 5.73 Å². The van der Waals surface area contributed by atoms with Crippen molar-refractivity contribution in [3.05, 3.63) is 11.6 Å². The second-order valence-corrected chi connectivity index (χ2v) is 4.61. The van der Waals surface area contributed by atoms with Crippen molar-refractivity contribution in [1.82, 2.24) is 14.8 Å². The van der Waals surface area contributed by atoms with Gasteiger partial charge >= 0.3 is 0 Å². The molecule has 1 fully saturated rings. The minimum atomic E-state index is 0.0452. The zero-order chi connectivity index (χ0) is 10.9. The minimum Gasteiger partial charge on any atom is -0.328 e. The Morgan fingerprint density at radius 1 is 1.27 bits per heavy atom. The average molecular weight is 208 g/mol. The molecule has 1 heterocycles. The fraction of sp³-hybridized carbons (Fsp3) is 0.818. The van der Waals surface area contributed by atoms with Crippen molar-refractivity contribution >= 4 is 0 Å². The monoisotopic (exact) mass is 208 g/mol. The number of hydrogen-bond acceptors (Lipinski definition) is 3. The molecule has 84 valence electrons. The Bertz CT molecular complexity index is 336. The molecule has 1 aliphatic carbocycles. The molecule has 15 heavy (non-hydrogen) atoms. The van der Waals surface area contributed by atoms with Crippen LogP contribution in [0.3, 0.4) is 0 Å². The highest BCUT2D eigenvalue weighted by Crippen LogP contribution is 2.34.